The molecule has 22 heavy (non-hydrogen) atoms. The minimum atomic E-state index is 0. The molecule has 0 aliphatic heterocycles. The number of pyridine rings is 1. The number of nitrogens with two attached hydrogens (primary N) is 1. The van der Waals surface area contributed by atoms with Crippen LogP contribution < -0.4 is 16.0 Å². The van der Waals surface area contributed by atoms with Crippen LogP contribution in [0.2, 0.25) is 0 Å². The molecule has 118 valence electrons. The fourth-order valence-electron chi connectivity index (χ4n) is 1.99. The van der Waals surface area contributed by atoms with Gasteiger partial charge in [0.1, 0.15) is 5.82 Å². The predicted molar refractivity (Wildman–Crippen MR) is 105 cm³/mol. The minimum Gasteiger partial charge on any atom is -0.370 e. The van der Waals surface area contributed by atoms with Crippen LogP contribution in [0.5, 0.6) is 0 Å². The van der Waals surface area contributed by atoms with Crippen molar-refractivity contribution in [3.05, 3.63) is 48.6 Å². The van der Waals surface area contributed by atoms with E-state index >= 15 is 0 Å². The molecule has 0 fully saturated rings. The summed E-state index contributed by atoms with van der Waals surface area (Å²) < 4.78 is 0. The van der Waals surface area contributed by atoms with Crippen LogP contribution in [-0.2, 0) is 6.54 Å². The third-order valence-corrected chi connectivity index (χ3v) is 3.09. The van der Waals surface area contributed by atoms with Gasteiger partial charge in [-0.25, -0.2) is 9.98 Å². The Morgan fingerprint density at radius 3 is 2.82 bits per heavy atom. The Morgan fingerprint density at radius 1 is 1.41 bits per heavy atom. The van der Waals surface area contributed by atoms with Crippen molar-refractivity contribution in [3.8, 4) is 0 Å². The van der Waals surface area contributed by atoms with Crippen LogP contribution in [0.1, 0.15) is 5.56 Å². The summed E-state index contributed by atoms with van der Waals surface area (Å²) in [5.74, 6) is 1.33. The van der Waals surface area contributed by atoms with Crippen molar-refractivity contribution in [1.29, 1.82) is 0 Å². The van der Waals surface area contributed by atoms with E-state index in [4.69, 9.17) is 5.73 Å². The van der Waals surface area contributed by atoms with Gasteiger partial charge in [0.2, 0.25) is 0 Å². The van der Waals surface area contributed by atoms with Crippen LogP contribution in [-0.4, -0.2) is 31.6 Å². The third kappa shape index (κ3) is 4.59. The predicted octanol–water partition coefficient (Wildman–Crippen LogP) is 2.51. The largest absolute Gasteiger partial charge is 0.370 e. The van der Waals surface area contributed by atoms with Crippen LogP contribution >= 0.6 is 24.0 Å². The summed E-state index contributed by atoms with van der Waals surface area (Å²) in [4.78, 5) is 11.0. The Bertz CT molecular complexity index is 667. The second-order valence-electron chi connectivity index (χ2n) is 4.92. The van der Waals surface area contributed by atoms with Gasteiger partial charge < -0.3 is 16.0 Å². The van der Waals surface area contributed by atoms with Crippen LogP contribution in [0.25, 0.3) is 10.9 Å². The Kier molecular flexibility index (Phi) is 7.10. The van der Waals surface area contributed by atoms with Gasteiger partial charge in [0.15, 0.2) is 5.96 Å². The molecule has 0 radical (unpaired) electrons. The van der Waals surface area contributed by atoms with E-state index in [0.717, 1.165) is 22.3 Å². The molecule has 0 saturated heterocycles. The van der Waals surface area contributed by atoms with Gasteiger partial charge in [-0.05, 0) is 17.7 Å². The zero-order valence-electron chi connectivity index (χ0n) is 12.9. The molecule has 0 bridgehead atoms. The standard InChI is InChI=1S/C16H21N5.HI/c1-4-9-18-16(17)19-11-12-10-15(21(2)3)20-14-8-6-5-7-13(12)14;/h4-8,10H,1,9,11H2,2-3H3,(H3,17,18,19);1H. The van der Waals surface area contributed by atoms with Crippen molar-refractivity contribution in [2.45, 2.75) is 6.54 Å². The van der Waals surface area contributed by atoms with E-state index in [0.29, 0.717) is 19.0 Å². The van der Waals surface area contributed by atoms with Gasteiger partial charge in [-0.1, -0.05) is 24.3 Å². The van der Waals surface area contributed by atoms with E-state index < -0.39 is 0 Å². The molecular formula is C16H22IN5. The zero-order chi connectivity index (χ0) is 15.2. The molecule has 6 heteroatoms. The smallest absolute Gasteiger partial charge is 0.189 e. The molecule has 0 amide bonds. The normalized spacial score (nSPS) is 10.9. The Balaban J connectivity index is 0.00000242. The fraction of sp³-hybridized carbons (Fsp3) is 0.250. The van der Waals surface area contributed by atoms with Gasteiger partial charge in [-0.2, -0.15) is 0 Å². The first-order chi connectivity index (χ1) is 10.1. The van der Waals surface area contributed by atoms with Crippen LogP contribution in [0, 0.1) is 0 Å². The summed E-state index contributed by atoms with van der Waals surface area (Å²) in [5.41, 5.74) is 7.88. The quantitative estimate of drug-likeness (QED) is 0.344. The Morgan fingerprint density at radius 2 is 2.14 bits per heavy atom. The summed E-state index contributed by atoms with van der Waals surface area (Å²) in [6.07, 6.45) is 1.74. The van der Waals surface area contributed by atoms with Crippen molar-refractivity contribution in [2.24, 2.45) is 10.7 Å². The maximum atomic E-state index is 5.81. The second-order valence-corrected chi connectivity index (χ2v) is 4.92. The summed E-state index contributed by atoms with van der Waals surface area (Å²) in [5, 5.41) is 4.07. The molecule has 0 spiro atoms. The van der Waals surface area contributed by atoms with E-state index in [1.54, 1.807) is 6.08 Å². The van der Waals surface area contributed by atoms with Gasteiger partial charge in [0.25, 0.3) is 0 Å². The first kappa shape index (κ1) is 18.2. The number of aromatic nitrogens is 1. The molecule has 2 aromatic rings. The maximum Gasteiger partial charge on any atom is 0.189 e. The lowest BCUT2D eigenvalue weighted by atomic mass is 10.1. The lowest BCUT2D eigenvalue weighted by Gasteiger charge is -2.14. The van der Waals surface area contributed by atoms with Crippen LogP contribution in [0.4, 0.5) is 5.82 Å². The third-order valence-electron chi connectivity index (χ3n) is 3.09. The first-order valence-corrected chi connectivity index (χ1v) is 6.82. The van der Waals surface area contributed by atoms with Crippen LogP contribution in [0.3, 0.4) is 0 Å². The highest BCUT2D eigenvalue weighted by molar-refractivity contribution is 14.0. The molecule has 0 unspecified atom stereocenters. The number of guanidine groups is 1. The first-order valence-electron chi connectivity index (χ1n) is 6.82. The van der Waals surface area contributed by atoms with E-state index in [1.165, 1.54) is 0 Å². The van der Waals surface area contributed by atoms with Crippen molar-refractivity contribution >= 4 is 46.7 Å². The highest BCUT2D eigenvalue weighted by Gasteiger charge is 2.06. The molecule has 0 saturated carbocycles. The zero-order valence-corrected chi connectivity index (χ0v) is 15.2. The number of halogens is 1. The number of nitrogens with one attached hydrogen (secondary N) is 1. The van der Waals surface area contributed by atoms with Crippen molar-refractivity contribution in [1.82, 2.24) is 10.3 Å². The molecular weight excluding hydrogens is 389 g/mol. The number of benzene rings is 1. The molecule has 1 aromatic carbocycles. The highest BCUT2D eigenvalue weighted by Crippen LogP contribution is 2.22. The number of aliphatic imine (C=N–C) groups is 1. The number of para-hydroxylation sites is 1. The average Bonchev–Trinajstić information content (AvgIpc) is 2.50. The topological polar surface area (TPSA) is 66.5 Å². The van der Waals surface area contributed by atoms with E-state index in [9.17, 15) is 0 Å². The average molecular weight is 411 g/mol. The lowest BCUT2D eigenvalue weighted by molar-refractivity contribution is 0.970. The summed E-state index contributed by atoms with van der Waals surface area (Å²) in [6.45, 7) is 4.76. The monoisotopic (exact) mass is 411 g/mol. The fourth-order valence-corrected chi connectivity index (χ4v) is 1.99. The molecule has 3 N–H and O–H groups in total. The number of nitrogens with zero attached hydrogens (tertiary/aromatic N) is 3. The van der Waals surface area contributed by atoms with Crippen molar-refractivity contribution in [2.75, 3.05) is 25.5 Å². The lowest BCUT2D eigenvalue weighted by Crippen LogP contribution is -2.31. The van der Waals surface area contributed by atoms with E-state index in [2.05, 4.69) is 27.9 Å². The van der Waals surface area contributed by atoms with Gasteiger partial charge >= 0.3 is 0 Å². The molecule has 0 atom stereocenters. The second kappa shape index (κ2) is 8.57. The SMILES string of the molecule is C=CCNC(N)=NCc1cc(N(C)C)nc2ccccc12.I. The molecule has 2 rings (SSSR count). The van der Waals surface area contributed by atoms with Crippen LogP contribution in [0.15, 0.2) is 48.0 Å². The number of hydrogen-bond acceptors (Lipinski definition) is 3. The summed E-state index contributed by atoms with van der Waals surface area (Å²) in [6, 6.07) is 10.1. The van der Waals surface area contributed by atoms with Crippen molar-refractivity contribution < 1.29 is 0 Å². The van der Waals surface area contributed by atoms with Gasteiger partial charge in [-0.3, -0.25) is 0 Å². The van der Waals surface area contributed by atoms with Crippen molar-refractivity contribution in [3.63, 3.8) is 0 Å². The molecule has 0 aliphatic carbocycles. The van der Waals surface area contributed by atoms with Gasteiger partial charge in [0, 0.05) is 26.0 Å². The Hall–Kier alpha value is -1.83. The molecule has 5 nitrogen and oxygen atoms in total. The van der Waals surface area contributed by atoms with Gasteiger partial charge in [-0.15, -0.1) is 30.6 Å². The molecule has 1 aromatic heterocycles. The highest BCUT2D eigenvalue weighted by atomic mass is 127. The Labute approximate surface area is 148 Å². The molecule has 0 aliphatic rings. The minimum absolute atomic E-state index is 0. The summed E-state index contributed by atoms with van der Waals surface area (Å²) in [7, 11) is 3.95. The molecule has 1 heterocycles. The number of hydrogen-bond donors (Lipinski definition) is 2. The van der Waals surface area contributed by atoms with E-state index in [-0.39, 0.29) is 24.0 Å². The number of anilines is 1. The summed E-state index contributed by atoms with van der Waals surface area (Å²) >= 11 is 0. The maximum absolute atomic E-state index is 5.81. The van der Waals surface area contributed by atoms with E-state index in [1.807, 2.05) is 43.3 Å². The van der Waals surface area contributed by atoms with Gasteiger partial charge in [0.05, 0.1) is 12.1 Å². The number of fused-ring (bicyclic) bond motifs is 1. The number of rotatable bonds is 5.